The van der Waals surface area contributed by atoms with E-state index in [4.69, 9.17) is 0 Å². The van der Waals surface area contributed by atoms with Gasteiger partial charge in [0.05, 0.1) is 0 Å². The predicted molar refractivity (Wildman–Crippen MR) is 91.3 cm³/mol. The first-order chi connectivity index (χ1) is 9.86. The van der Waals surface area contributed by atoms with Gasteiger partial charge < -0.3 is 0 Å². The summed E-state index contributed by atoms with van der Waals surface area (Å²) < 4.78 is 0. The van der Waals surface area contributed by atoms with Crippen LogP contribution in [0.15, 0.2) is 84.1 Å². The van der Waals surface area contributed by atoms with Crippen LogP contribution in [0.2, 0.25) is 0 Å². The molecule has 20 heavy (non-hydrogen) atoms. The third-order valence-corrected chi connectivity index (χ3v) is 6.69. The summed E-state index contributed by atoms with van der Waals surface area (Å²) in [6.07, 6.45) is 0. The van der Waals surface area contributed by atoms with Crippen molar-refractivity contribution in [3.8, 4) is 0 Å². The second-order valence-electron chi connectivity index (χ2n) is 4.60. The molecular weight excluding hydrogens is 276 g/mol. The minimum Gasteiger partial charge on any atom is -0.152 e. The average Bonchev–Trinajstić information content (AvgIpc) is 3.04. The zero-order valence-corrected chi connectivity index (χ0v) is 12.9. The summed E-state index contributed by atoms with van der Waals surface area (Å²) in [6, 6.07) is 23.7. The molecular formula is C18H15SSi. The molecule has 0 N–H and O–H groups in total. The van der Waals surface area contributed by atoms with Gasteiger partial charge in [-0.15, -0.1) is 0 Å². The fraction of sp³-hybridized carbons (Fsp3) is 0. The lowest BCUT2D eigenvalue weighted by Gasteiger charge is -2.18. The molecule has 0 saturated carbocycles. The highest BCUT2D eigenvalue weighted by Gasteiger charge is 2.21. The fourth-order valence-electron chi connectivity index (χ4n) is 2.31. The lowest BCUT2D eigenvalue weighted by molar-refractivity contribution is 1.73. The zero-order chi connectivity index (χ0) is 13.8. The van der Waals surface area contributed by atoms with Crippen molar-refractivity contribution < 1.29 is 0 Å². The van der Waals surface area contributed by atoms with Crippen LogP contribution in [0.1, 0.15) is 5.56 Å². The lowest BCUT2D eigenvalue weighted by atomic mass is 10.3. The molecule has 0 spiro atoms. The lowest BCUT2D eigenvalue weighted by Crippen LogP contribution is -2.43. The van der Waals surface area contributed by atoms with Crippen molar-refractivity contribution in [2.75, 3.05) is 0 Å². The quantitative estimate of drug-likeness (QED) is 0.644. The van der Waals surface area contributed by atoms with Crippen molar-refractivity contribution in [1.29, 1.82) is 0 Å². The molecule has 0 fully saturated rings. The molecule has 0 bridgehead atoms. The van der Waals surface area contributed by atoms with Gasteiger partial charge in [-0.25, -0.2) is 0 Å². The van der Waals surface area contributed by atoms with E-state index in [-0.39, 0.29) is 0 Å². The first-order valence-corrected chi connectivity index (χ1v) is 9.00. The SMILES string of the molecule is C=C(c1ccsc1)[Si](c1ccccc1)c1ccccc1. The van der Waals surface area contributed by atoms with E-state index in [0.29, 0.717) is 0 Å². The maximum Gasteiger partial charge on any atom is 0.154 e. The number of benzene rings is 2. The molecule has 2 heteroatoms. The van der Waals surface area contributed by atoms with Crippen LogP contribution in [-0.4, -0.2) is 8.80 Å². The molecule has 1 heterocycles. The van der Waals surface area contributed by atoms with Gasteiger partial charge in [-0.05, 0) is 27.6 Å². The number of rotatable bonds is 4. The standard InChI is InChI=1S/C18H15SSi/c1-15(16-12-13-19-14-16)20(17-8-4-2-5-9-17)18-10-6-3-7-11-18/h2-14H,1H2. The Labute approximate surface area is 125 Å². The van der Waals surface area contributed by atoms with E-state index in [0.717, 1.165) is 0 Å². The van der Waals surface area contributed by atoms with E-state index in [1.54, 1.807) is 11.3 Å². The van der Waals surface area contributed by atoms with E-state index >= 15 is 0 Å². The van der Waals surface area contributed by atoms with Crippen LogP contribution in [0.3, 0.4) is 0 Å². The highest BCUT2D eigenvalue weighted by atomic mass is 32.1. The molecule has 0 saturated heterocycles. The van der Waals surface area contributed by atoms with Gasteiger partial charge in [0, 0.05) is 0 Å². The van der Waals surface area contributed by atoms with Crippen molar-refractivity contribution in [2.45, 2.75) is 0 Å². The topological polar surface area (TPSA) is 0 Å². The van der Waals surface area contributed by atoms with Crippen LogP contribution >= 0.6 is 11.3 Å². The molecule has 3 rings (SSSR count). The number of hydrogen-bond donors (Lipinski definition) is 0. The Bertz CT molecular complexity index is 632. The Kier molecular flexibility index (Phi) is 3.95. The van der Waals surface area contributed by atoms with Crippen LogP contribution in [0.25, 0.3) is 5.20 Å². The first kappa shape index (κ1) is 13.1. The van der Waals surface area contributed by atoms with Crippen LogP contribution in [-0.2, 0) is 0 Å². The Balaban J connectivity index is 2.07. The largest absolute Gasteiger partial charge is 0.154 e. The minimum absolute atomic E-state index is 0.988. The molecule has 97 valence electrons. The second-order valence-corrected chi connectivity index (χ2v) is 7.89. The molecule has 0 aliphatic carbocycles. The smallest absolute Gasteiger partial charge is 0.152 e. The van der Waals surface area contributed by atoms with Crippen LogP contribution in [0, 0.1) is 0 Å². The second kappa shape index (κ2) is 6.03. The van der Waals surface area contributed by atoms with Crippen molar-refractivity contribution in [1.82, 2.24) is 0 Å². The number of thiophene rings is 1. The molecule has 0 aliphatic rings. The first-order valence-electron chi connectivity index (χ1n) is 6.56. The highest BCUT2D eigenvalue weighted by Crippen LogP contribution is 2.18. The summed E-state index contributed by atoms with van der Waals surface area (Å²) in [7, 11) is -0.988. The molecule has 0 atom stereocenters. The van der Waals surface area contributed by atoms with Crippen molar-refractivity contribution in [3.05, 3.63) is 89.6 Å². The van der Waals surface area contributed by atoms with E-state index < -0.39 is 8.80 Å². The molecule has 0 nitrogen and oxygen atoms in total. The highest BCUT2D eigenvalue weighted by molar-refractivity contribution is 7.08. The summed E-state index contributed by atoms with van der Waals surface area (Å²) in [5.74, 6) is 0. The van der Waals surface area contributed by atoms with Crippen LogP contribution in [0.4, 0.5) is 0 Å². The molecule has 0 aliphatic heterocycles. The van der Waals surface area contributed by atoms with Gasteiger partial charge in [0.15, 0.2) is 8.80 Å². The van der Waals surface area contributed by atoms with Gasteiger partial charge in [0.25, 0.3) is 0 Å². The Morgan fingerprint density at radius 1 is 0.800 bits per heavy atom. The summed E-state index contributed by atoms with van der Waals surface area (Å²) in [5, 5.41) is 8.35. The van der Waals surface area contributed by atoms with Gasteiger partial charge >= 0.3 is 0 Å². The van der Waals surface area contributed by atoms with Gasteiger partial charge in [0.2, 0.25) is 0 Å². The normalized spacial score (nSPS) is 10.7. The van der Waals surface area contributed by atoms with Gasteiger partial charge in [0.1, 0.15) is 0 Å². The van der Waals surface area contributed by atoms with E-state index in [2.05, 4.69) is 84.1 Å². The maximum absolute atomic E-state index is 4.40. The summed E-state index contributed by atoms with van der Waals surface area (Å²) >= 11 is 1.73. The third kappa shape index (κ3) is 2.67. The molecule has 0 amide bonds. The maximum atomic E-state index is 4.40. The number of hydrogen-bond acceptors (Lipinski definition) is 1. The average molecular weight is 291 g/mol. The predicted octanol–water partition coefficient (Wildman–Crippen LogP) is 3.61. The van der Waals surface area contributed by atoms with Gasteiger partial charge in [-0.1, -0.05) is 77.6 Å². The summed E-state index contributed by atoms with van der Waals surface area (Å²) in [5.41, 5.74) is 1.27. The zero-order valence-electron chi connectivity index (χ0n) is 11.1. The fourth-order valence-corrected chi connectivity index (χ4v) is 5.61. The molecule has 2 aromatic carbocycles. The minimum atomic E-state index is -0.988. The van der Waals surface area contributed by atoms with E-state index in [1.807, 2.05) is 0 Å². The van der Waals surface area contributed by atoms with Crippen LogP contribution < -0.4 is 10.4 Å². The Hall–Kier alpha value is -1.90. The summed E-state index contributed by atoms with van der Waals surface area (Å²) in [4.78, 5) is 0. The van der Waals surface area contributed by atoms with Crippen molar-refractivity contribution in [2.24, 2.45) is 0 Å². The Morgan fingerprint density at radius 2 is 1.35 bits per heavy atom. The molecule has 0 unspecified atom stereocenters. The molecule has 1 aromatic heterocycles. The molecule has 3 aromatic rings. The van der Waals surface area contributed by atoms with Gasteiger partial charge in [-0.2, -0.15) is 11.3 Å². The third-order valence-electron chi connectivity index (χ3n) is 3.30. The van der Waals surface area contributed by atoms with E-state index in [9.17, 15) is 0 Å². The van der Waals surface area contributed by atoms with Gasteiger partial charge in [-0.3, -0.25) is 0 Å². The van der Waals surface area contributed by atoms with E-state index in [1.165, 1.54) is 21.1 Å². The summed E-state index contributed by atoms with van der Waals surface area (Å²) in [6.45, 7) is 4.40. The molecule has 1 radical (unpaired) electrons. The van der Waals surface area contributed by atoms with Crippen molar-refractivity contribution >= 4 is 35.7 Å². The monoisotopic (exact) mass is 291 g/mol. The van der Waals surface area contributed by atoms with Crippen molar-refractivity contribution in [3.63, 3.8) is 0 Å². The Morgan fingerprint density at radius 3 is 1.80 bits per heavy atom. The van der Waals surface area contributed by atoms with Crippen LogP contribution in [0.5, 0.6) is 0 Å².